The number of nitrogens with zero attached hydrogens (tertiary/aromatic N) is 4. The standard InChI is InChI=1S/C22H29N6O8P/c1-5-15-6-8-16(9-7-15)36-37(32,26-14(3)21(30)33-4)34-12-18-17(25-27-23)10-19(35-18)28-11-13(2)20(29)24-22(28)31/h6-9,11,14,17-19H,5,10,12H2,1-4H3,(H,26,32)(H,24,29,31)/t14-,17-,18+,19+,37?/m0/s1. The maximum absolute atomic E-state index is 13.7. The smallest absolute Gasteiger partial charge is 0.459 e. The largest absolute Gasteiger partial charge is 0.468 e. The van der Waals surface area contributed by atoms with Crippen molar-refractivity contribution in [3.63, 3.8) is 0 Å². The number of benzene rings is 1. The number of aromatic nitrogens is 2. The van der Waals surface area contributed by atoms with Crippen molar-refractivity contribution >= 4 is 13.7 Å². The molecule has 0 saturated carbocycles. The third-order valence-corrected chi connectivity index (χ3v) is 7.38. The van der Waals surface area contributed by atoms with Crippen LogP contribution < -0.4 is 20.9 Å². The number of ether oxygens (including phenoxy) is 2. The maximum atomic E-state index is 13.7. The molecule has 15 heteroatoms. The Labute approximate surface area is 212 Å². The average Bonchev–Trinajstić information content (AvgIpc) is 3.27. The SMILES string of the molecule is CCc1ccc(OP(=O)(N[C@@H](C)C(=O)OC)OC[C@H]2O[C@@H](n3cc(C)c(=O)[nH]c3=O)C[C@@H]2N=[N+]=[N-])cc1. The number of carbonyl (C=O) groups is 1. The summed E-state index contributed by atoms with van der Waals surface area (Å²) in [6.07, 6.45) is 0.436. The lowest BCUT2D eigenvalue weighted by Crippen LogP contribution is -2.36. The number of methoxy groups -OCH3 is 1. The summed E-state index contributed by atoms with van der Waals surface area (Å²) >= 11 is 0. The molecule has 37 heavy (non-hydrogen) atoms. The zero-order valence-electron chi connectivity index (χ0n) is 20.8. The number of hydrogen-bond acceptors (Lipinski definition) is 9. The number of hydrogen-bond donors (Lipinski definition) is 2. The average molecular weight is 536 g/mol. The van der Waals surface area contributed by atoms with Gasteiger partial charge in [0, 0.05) is 23.1 Å². The molecule has 0 spiro atoms. The highest BCUT2D eigenvalue weighted by atomic mass is 31.2. The van der Waals surface area contributed by atoms with Gasteiger partial charge < -0.3 is 14.0 Å². The van der Waals surface area contributed by atoms with Gasteiger partial charge in [-0.25, -0.2) is 9.36 Å². The molecule has 0 bridgehead atoms. The molecule has 1 aliphatic heterocycles. The summed E-state index contributed by atoms with van der Waals surface area (Å²) in [5, 5.41) is 6.26. The van der Waals surface area contributed by atoms with Crippen LogP contribution in [0.5, 0.6) is 5.75 Å². The molecule has 1 aliphatic rings. The van der Waals surface area contributed by atoms with Crippen LogP contribution in [0.15, 0.2) is 45.2 Å². The van der Waals surface area contributed by atoms with Gasteiger partial charge in [0.25, 0.3) is 5.56 Å². The Morgan fingerprint density at radius 2 is 2.08 bits per heavy atom. The lowest BCUT2D eigenvalue weighted by atomic mass is 10.1. The molecule has 2 heterocycles. The van der Waals surface area contributed by atoms with Crippen molar-refractivity contribution in [1.29, 1.82) is 0 Å². The quantitative estimate of drug-likeness (QED) is 0.143. The van der Waals surface area contributed by atoms with Crippen LogP contribution in [-0.2, 0) is 29.8 Å². The van der Waals surface area contributed by atoms with Gasteiger partial charge in [-0.05, 0) is 43.5 Å². The fourth-order valence-corrected chi connectivity index (χ4v) is 5.18. The second-order valence-corrected chi connectivity index (χ2v) is 10.1. The van der Waals surface area contributed by atoms with Gasteiger partial charge in [-0.2, -0.15) is 5.09 Å². The van der Waals surface area contributed by atoms with Gasteiger partial charge in [0.05, 0.1) is 25.9 Å². The van der Waals surface area contributed by atoms with Crippen molar-refractivity contribution < 1.29 is 27.9 Å². The Bertz CT molecular complexity index is 1320. The zero-order chi connectivity index (χ0) is 27.2. The fraction of sp³-hybridized carbons (Fsp3) is 0.500. The molecule has 3 rings (SSSR count). The van der Waals surface area contributed by atoms with Gasteiger partial charge in [-0.1, -0.05) is 24.2 Å². The Kier molecular flexibility index (Phi) is 9.30. The van der Waals surface area contributed by atoms with Gasteiger partial charge in [0.2, 0.25) is 0 Å². The molecule has 5 atom stereocenters. The van der Waals surface area contributed by atoms with Crippen molar-refractivity contribution in [3.8, 4) is 5.75 Å². The Morgan fingerprint density at radius 3 is 2.70 bits per heavy atom. The van der Waals surface area contributed by atoms with Gasteiger partial charge in [-0.3, -0.25) is 23.7 Å². The highest BCUT2D eigenvalue weighted by molar-refractivity contribution is 7.52. The Hall–Kier alpha value is -3.41. The van der Waals surface area contributed by atoms with Crippen molar-refractivity contribution in [2.75, 3.05) is 13.7 Å². The van der Waals surface area contributed by atoms with Crippen LogP contribution in [0.2, 0.25) is 0 Å². The number of aryl methyl sites for hydroxylation is 2. The topological polar surface area (TPSA) is 187 Å². The van der Waals surface area contributed by atoms with E-state index in [1.54, 1.807) is 24.3 Å². The summed E-state index contributed by atoms with van der Waals surface area (Å²) < 4.78 is 36.7. The molecule has 1 aromatic carbocycles. The third-order valence-electron chi connectivity index (χ3n) is 5.73. The van der Waals surface area contributed by atoms with E-state index in [0.29, 0.717) is 0 Å². The number of rotatable bonds is 11. The van der Waals surface area contributed by atoms with E-state index in [0.717, 1.165) is 12.0 Å². The fourth-order valence-electron chi connectivity index (χ4n) is 3.68. The summed E-state index contributed by atoms with van der Waals surface area (Å²) in [6.45, 7) is 4.58. The van der Waals surface area contributed by atoms with E-state index in [4.69, 9.17) is 19.3 Å². The van der Waals surface area contributed by atoms with Crippen LogP contribution in [0.25, 0.3) is 10.4 Å². The third kappa shape index (κ3) is 7.09. The molecule has 14 nitrogen and oxygen atoms in total. The number of carbonyl (C=O) groups excluding carboxylic acids is 1. The maximum Gasteiger partial charge on any atom is 0.459 e. The second kappa shape index (κ2) is 12.2. The van der Waals surface area contributed by atoms with E-state index in [1.165, 1.54) is 31.7 Å². The van der Waals surface area contributed by atoms with E-state index in [9.17, 15) is 18.9 Å². The molecule has 0 amide bonds. The predicted molar refractivity (Wildman–Crippen MR) is 132 cm³/mol. The van der Waals surface area contributed by atoms with Crippen molar-refractivity contribution in [2.45, 2.75) is 58.0 Å². The number of esters is 1. The summed E-state index contributed by atoms with van der Waals surface area (Å²) in [4.78, 5) is 41.0. The van der Waals surface area contributed by atoms with E-state index in [-0.39, 0.29) is 24.3 Å². The highest BCUT2D eigenvalue weighted by Gasteiger charge is 2.40. The molecule has 0 radical (unpaired) electrons. The van der Waals surface area contributed by atoms with Crippen LogP contribution in [0.4, 0.5) is 0 Å². The monoisotopic (exact) mass is 536 g/mol. The molecule has 1 aromatic heterocycles. The van der Waals surface area contributed by atoms with Crippen molar-refractivity contribution in [1.82, 2.24) is 14.6 Å². The highest BCUT2D eigenvalue weighted by Crippen LogP contribution is 2.46. The molecule has 1 fully saturated rings. The summed E-state index contributed by atoms with van der Waals surface area (Å²) in [5.41, 5.74) is 9.12. The minimum absolute atomic E-state index is 0.0963. The molecular weight excluding hydrogens is 507 g/mol. The van der Waals surface area contributed by atoms with Crippen molar-refractivity contribution in [2.24, 2.45) is 5.11 Å². The van der Waals surface area contributed by atoms with Crippen LogP contribution in [0.1, 0.15) is 37.6 Å². The van der Waals surface area contributed by atoms with E-state index in [1.807, 2.05) is 6.92 Å². The first kappa shape index (κ1) is 28.2. The van der Waals surface area contributed by atoms with Crippen LogP contribution in [0.3, 0.4) is 0 Å². The number of H-pyrrole nitrogens is 1. The van der Waals surface area contributed by atoms with Crippen LogP contribution in [-0.4, -0.2) is 47.4 Å². The molecule has 200 valence electrons. The first-order valence-electron chi connectivity index (χ1n) is 11.5. The lowest BCUT2D eigenvalue weighted by molar-refractivity contribution is -0.142. The first-order valence-corrected chi connectivity index (χ1v) is 13.0. The Balaban J connectivity index is 1.82. The molecular formula is C22H29N6O8P. The Morgan fingerprint density at radius 1 is 1.38 bits per heavy atom. The van der Waals surface area contributed by atoms with Gasteiger partial charge in [0.1, 0.15) is 18.0 Å². The molecule has 1 unspecified atom stereocenters. The van der Waals surface area contributed by atoms with Gasteiger partial charge in [-0.15, -0.1) is 0 Å². The number of aromatic amines is 1. The van der Waals surface area contributed by atoms with Crippen molar-refractivity contribution in [3.05, 3.63) is 72.9 Å². The molecule has 1 saturated heterocycles. The van der Waals surface area contributed by atoms with E-state index in [2.05, 4.69) is 24.8 Å². The van der Waals surface area contributed by atoms with Gasteiger partial charge >= 0.3 is 19.4 Å². The van der Waals surface area contributed by atoms with Crippen LogP contribution >= 0.6 is 7.75 Å². The number of nitrogens with one attached hydrogen (secondary N) is 2. The summed E-state index contributed by atoms with van der Waals surface area (Å²) in [5.74, 6) is -0.456. The molecule has 2 N–H and O–H groups in total. The summed E-state index contributed by atoms with van der Waals surface area (Å²) in [6, 6.07) is 5.01. The second-order valence-electron chi connectivity index (χ2n) is 8.37. The molecule has 0 aliphatic carbocycles. The first-order chi connectivity index (χ1) is 17.6. The predicted octanol–water partition coefficient (Wildman–Crippen LogP) is 2.73. The number of azide groups is 1. The zero-order valence-corrected chi connectivity index (χ0v) is 21.7. The minimum Gasteiger partial charge on any atom is -0.468 e. The minimum atomic E-state index is -4.18. The van der Waals surface area contributed by atoms with Crippen LogP contribution in [0, 0.1) is 6.92 Å². The normalized spacial score (nSPS) is 21.5. The van der Waals surface area contributed by atoms with Gasteiger partial charge in [0.15, 0.2) is 0 Å². The summed E-state index contributed by atoms with van der Waals surface area (Å²) in [7, 11) is -2.99. The molecule has 2 aromatic rings. The van der Waals surface area contributed by atoms with E-state index >= 15 is 0 Å². The van der Waals surface area contributed by atoms with E-state index < -0.39 is 49.4 Å². The lowest BCUT2D eigenvalue weighted by Gasteiger charge is -2.24.